The quantitative estimate of drug-likeness (QED) is 0.884. The first-order chi connectivity index (χ1) is 10.0. The molecule has 8 heteroatoms. The van der Waals surface area contributed by atoms with Gasteiger partial charge < -0.3 is 15.2 Å². The molecule has 0 spiro atoms. The highest BCUT2D eigenvalue weighted by Crippen LogP contribution is 2.24. The van der Waals surface area contributed by atoms with Crippen molar-refractivity contribution >= 4 is 11.9 Å². The minimum absolute atomic E-state index is 0.0595. The summed E-state index contributed by atoms with van der Waals surface area (Å²) in [6.07, 6.45) is 0. The number of rotatable bonds is 4. The van der Waals surface area contributed by atoms with Crippen LogP contribution in [0.3, 0.4) is 0 Å². The zero-order valence-electron chi connectivity index (χ0n) is 10.8. The largest absolute Gasteiger partial charge is 0.478 e. The molecule has 2 N–H and O–H groups in total. The predicted molar refractivity (Wildman–Crippen MR) is 68.9 cm³/mol. The van der Waals surface area contributed by atoms with Gasteiger partial charge in [-0.2, -0.15) is 0 Å². The van der Waals surface area contributed by atoms with Gasteiger partial charge >= 0.3 is 5.97 Å². The molecule has 0 aliphatic heterocycles. The zero-order chi connectivity index (χ0) is 15.4. The minimum atomic E-state index is -1.26. The van der Waals surface area contributed by atoms with E-state index in [0.717, 1.165) is 18.2 Å². The van der Waals surface area contributed by atoms with Crippen molar-refractivity contribution in [2.45, 2.75) is 0 Å². The zero-order valence-corrected chi connectivity index (χ0v) is 10.8. The second kappa shape index (κ2) is 5.95. The summed E-state index contributed by atoms with van der Waals surface area (Å²) < 4.78 is 18.4. The summed E-state index contributed by atoms with van der Waals surface area (Å²) in [7, 11) is 1.44. The molecule has 2 aromatic rings. The Balaban J connectivity index is 2.28. The van der Waals surface area contributed by atoms with Crippen LogP contribution in [0.2, 0.25) is 0 Å². The fraction of sp³-hybridized carbons (Fsp3) is 0.0769. The molecule has 0 radical (unpaired) electrons. The Labute approximate surface area is 118 Å². The molecule has 2 rings (SSSR count). The molecule has 1 aromatic heterocycles. The number of hydrogen-bond donors (Lipinski definition) is 2. The maximum atomic E-state index is 13.2. The third-order valence-electron chi connectivity index (χ3n) is 2.49. The Morgan fingerprint density at radius 3 is 2.57 bits per heavy atom. The van der Waals surface area contributed by atoms with Gasteiger partial charge in [-0.1, -0.05) is 0 Å². The van der Waals surface area contributed by atoms with Crippen LogP contribution in [0.5, 0.6) is 11.6 Å². The van der Waals surface area contributed by atoms with Gasteiger partial charge in [-0.3, -0.25) is 4.79 Å². The second-order valence-corrected chi connectivity index (χ2v) is 3.88. The molecule has 0 bridgehead atoms. The lowest BCUT2D eigenvalue weighted by molar-refractivity contribution is 0.0693. The Morgan fingerprint density at radius 2 is 2.00 bits per heavy atom. The summed E-state index contributed by atoms with van der Waals surface area (Å²) >= 11 is 0. The summed E-state index contributed by atoms with van der Waals surface area (Å²) in [6, 6.07) is 5.70. The first kappa shape index (κ1) is 14.4. The number of amides is 1. The number of aromatic nitrogens is 2. The van der Waals surface area contributed by atoms with Gasteiger partial charge in [0.1, 0.15) is 17.1 Å². The third kappa shape index (κ3) is 3.30. The summed E-state index contributed by atoms with van der Waals surface area (Å²) in [4.78, 5) is 22.3. The van der Waals surface area contributed by atoms with Gasteiger partial charge in [-0.05, 0) is 18.2 Å². The van der Waals surface area contributed by atoms with Gasteiger partial charge in [0.2, 0.25) is 5.88 Å². The van der Waals surface area contributed by atoms with E-state index >= 15 is 0 Å². The van der Waals surface area contributed by atoms with E-state index < -0.39 is 17.7 Å². The van der Waals surface area contributed by atoms with Gasteiger partial charge in [0.05, 0.1) is 0 Å². The van der Waals surface area contributed by atoms with E-state index in [1.54, 1.807) is 0 Å². The number of benzene rings is 1. The molecule has 7 nitrogen and oxygen atoms in total. The molecule has 0 saturated carbocycles. The summed E-state index contributed by atoms with van der Waals surface area (Å²) in [6.45, 7) is 0. The van der Waals surface area contributed by atoms with Gasteiger partial charge in [0.25, 0.3) is 5.91 Å². The lowest BCUT2D eigenvalue weighted by Crippen LogP contribution is -2.19. The normalized spacial score (nSPS) is 10.0. The van der Waals surface area contributed by atoms with E-state index in [4.69, 9.17) is 9.84 Å². The summed E-state index contributed by atoms with van der Waals surface area (Å²) in [5, 5.41) is 18.6. The molecule has 0 saturated heterocycles. The number of hydrogen-bond acceptors (Lipinski definition) is 5. The van der Waals surface area contributed by atoms with E-state index in [1.807, 2.05) is 0 Å². The average molecular weight is 291 g/mol. The molecule has 108 valence electrons. The number of carbonyl (C=O) groups excluding carboxylic acids is 1. The maximum absolute atomic E-state index is 13.2. The van der Waals surface area contributed by atoms with E-state index in [9.17, 15) is 14.0 Å². The first-order valence-corrected chi connectivity index (χ1v) is 5.78. The molecule has 0 aliphatic carbocycles. The van der Waals surface area contributed by atoms with Crippen LogP contribution < -0.4 is 10.1 Å². The van der Waals surface area contributed by atoms with Crippen molar-refractivity contribution in [3.8, 4) is 11.6 Å². The Morgan fingerprint density at radius 1 is 1.24 bits per heavy atom. The summed E-state index contributed by atoms with van der Waals surface area (Å²) in [5.41, 5.74) is -0.142. The van der Waals surface area contributed by atoms with E-state index in [0.29, 0.717) is 0 Å². The molecular formula is C13H10FN3O4. The van der Waals surface area contributed by atoms with Gasteiger partial charge in [-0.15, -0.1) is 10.2 Å². The SMILES string of the molecule is CNC(=O)c1ccc(Oc2cc(F)ccc2C(=O)O)nn1. The van der Waals surface area contributed by atoms with Gasteiger partial charge in [0.15, 0.2) is 5.69 Å². The Hall–Kier alpha value is -3.03. The van der Waals surface area contributed by atoms with Crippen molar-refractivity contribution in [2.75, 3.05) is 7.05 Å². The summed E-state index contributed by atoms with van der Waals surface area (Å²) in [5.74, 6) is -2.60. The fourth-order valence-electron chi connectivity index (χ4n) is 1.49. The van der Waals surface area contributed by atoms with Crippen LogP contribution in [0.4, 0.5) is 4.39 Å². The monoisotopic (exact) mass is 291 g/mol. The number of nitrogens with zero attached hydrogens (tertiary/aromatic N) is 2. The van der Waals surface area contributed by atoms with Crippen molar-refractivity contribution in [1.82, 2.24) is 15.5 Å². The van der Waals surface area contributed by atoms with Crippen molar-refractivity contribution < 1.29 is 23.8 Å². The van der Waals surface area contributed by atoms with Crippen LogP contribution in [0.15, 0.2) is 30.3 Å². The highest BCUT2D eigenvalue weighted by Gasteiger charge is 2.14. The molecule has 21 heavy (non-hydrogen) atoms. The van der Waals surface area contributed by atoms with Crippen molar-refractivity contribution in [1.29, 1.82) is 0 Å². The number of halogens is 1. The van der Waals surface area contributed by atoms with Crippen molar-refractivity contribution in [3.05, 3.63) is 47.4 Å². The van der Waals surface area contributed by atoms with Crippen molar-refractivity contribution in [3.63, 3.8) is 0 Å². The molecular weight excluding hydrogens is 281 g/mol. The lowest BCUT2D eigenvalue weighted by Gasteiger charge is -2.07. The Bertz CT molecular complexity index is 688. The smallest absolute Gasteiger partial charge is 0.339 e. The average Bonchev–Trinajstić information content (AvgIpc) is 2.47. The number of carbonyl (C=O) groups is 2. The standard InChI is InChI=1S/C13H10FN3O4/c1-15-12(18)9-4-5-11(17-16-9)21-10-6-7(14)2-3-8(10)13(19)20/h2-6H,1H3,(H,15,18)(H,19,20). The second-order valence-electron chi connectivity index (χ2n) is 3.88. The fourth-order valence-corrected chi connectivity index (χ4v) is 1.49. The molecule has 0 fully saturated rings. The minimum Gasteiger partial charge on any atom is -0.478 e. The molecule has 0 unspecified atom stereocenters. The van der Waals surface area contributed by atoms with E-state index in [-0.39, 0.29) is 22.9 Å². The molecule has 1 amide bonds. The number of aromatic carboxylic acids is 1. The van der Waals surface area contributed by atoms with Crippen molar-refractivity contribution in [2.24, 2.45) is 0 Å². The number of carboxylic acids is 1. The predicted octanol–water partition coefficient (Wildman–Crippen LogP) is 1.47. The van der Waals surface area contributed by atoms with Crippen LogP contribution in [0.1, 0.15) is 20.8 Å². The number of carboxylic acid groups (broad SMARTS) is 1. The van der Waals surface area contributed by atoms with Crippen LogP contribution in [0.25, 0.3) is 0 Å². The molecule has 1 aromatic carbocycles. The third-order valence-corrected chi connectivity index (χ3v) is 2.49. The van der Waals surface area contributed by atoms with E-state index in [2.05, 4.69) is 15.5 Å². The molecule has 0 aliphatic rings. The number of nitrogens with one attached hydrogen (secondary N) is 1. The van der Waals surface area contributed by atoms with E-state index in [1.165, 1.54) is 19.2 Å². The van der Waals surface area contributed by atoms with Gasteiger partial charge in [-0.25, -0.2) is 9.18 Å². The van der Waals surface area contributed by atoms with Gasteiger partial charge in [0, 0.05) is 19.2 Å². The van der Waals surface area contributed by atoms with Crippen LogP contribution >= 0.6 is 0 Å². The van der Waals surface area contributed by atoms with Crippen LogP contribution in [-0.2, 0) is 0 Å². The highest BCUT2D eigenvalue weighted by atomic mass is 19.1. The highest BCUT2D eigenvalue weighted by molar-refractivity contribution is 5.92. The molecule has 0 atom stereocenters. The molecule has 1 heterocycles. The van der Waals surface area contributed by atoms with Crippen LogP contribution in [0, 0.1) is 5.82 Å². The first-order valence-electron chi connectivity index (χ1n) is 5.78. The topological polar surface area (TPSA) is 101 Å². The maximum Gasteiger partial charge on any atom is 0.339 e. The number of ether oxygens (including phenoxy) is 1. The Kier molecular flexibility index (Phi) is 4.07. The lowest BCUT2D eigenvalue weighted by atomic mass is 10.2. The van der Waals surface area contributed by atoms with Crippen LogP contribution in [-0.4, -0.2) is 34.2 Å².